The number of benzene rings is 1. The summed E-state index contributed by atoms with van der Waals surface area (Å²) in [5, 5.41) is 14.1. The van der Waals surface area contributed by atoms with E-state index in [2.05, 4.69) is 5.32 Å². The Kier molecular flexibility index (Phi) is 6.87. The number of carbonyl (C=O) groups is 1. The SMILES string of the molecule is CCC(C)N(OCC(=O)O)C(=S)Nc1cc(Cl)ccc1C. The second-order valence-corrected chi connectivity index (χ2v) is 5.46. The van der Waals surface area contributed by atoms with Gasteiger partial charge >= 0.3 is 5.97 Å². The van der Waals surface area contributed by atoms with Crippen molar-refractivity contribution in [2.75, 3.05) is 11.9 Å². The zero-order valence-corrected chi connectivity index (χ0v) is 13.8. The normalized spacial score (nSPS) is 11.8. The Morgan fingerprint density at radius 3 is 2.81 bits per heavy atom. The zero-order chi connectivity index (χ0) is 16.0. The van der Waals surface area contributed by atoms with Gasteiger partial charge in [-0.05, 0) is 50.2 Å². The lowest BCUT2D eigenvalue weighted by Crippen LogP contribution is -2.42. The minimum atomic E-state index is -1.05. The van der Waals surface area contributed by atoms with Gasteiger partial charge in [0.2, 0.25) is 0 Å². The van der Waals surface area contributed by atoms with E-state index in [9.17, 15) is 4.79 Å². The summed E-state index contributed by atoms with van der Waals surface area (Å²) in [4.78, 5) is 15.9. The highest BCUT2D eigenvalue weighted by Crippen LogP contribution is 2.21. The van der Waals surface area contributed by atoms with Crippen LogP contribution in [0.5, 0.6) is 0 Å². The largest absolute Gasteiger partial charge is 0.479 e. The number of nitrogens with zero attached hydrogens (tertiary/aromatic N) is 1. The van der Waals surface area contributed by atoms with Crippen molar-refractivity contribution in [2.24, 2.45) is 0 Å². The maximum absolute atomic E-state index is 10.7. The van der Waals surface area contributed by atoms with Crippen LogP contribution in [0.2, 0.25) is 5.02 Å². The van der Waals surface area contributed by atoms with Gasteiger partial charge in [0, 0.05) is 10.7 Å². The van der Waals surface area contributed by atoms with E-state index >= 15 is 0 Å². The molecular weight excluding hydrogens is 312 g/mol. The molecule has 1 atom stereocenters. The number of hydrogen-bond acceptors (Lipinski definition) is 3. The number of halogens is 1. The standard InChI is InChI=1S/C14H19ClN2O3S/c1-4-10(3)17(20-8-13(18)19)14(21)16-12-7-11(15)6-5-9(12)2/h5-7,10H,4,8H2,1-3H3,(H,16,21)(H,18,19). The maximum atomic E-state index is 10.7. The van der Waals surface area contributed by atoms with Crippen LogP contribution >= 0.6 is 23.8 Å². The van der Waals surface area contributed by atoms with Crippen LogP contribution in [0.1, 0.15) is 25.8 Å². The molecule has 0 aromatic heterocycles. The van der Waals surface area contributed by atoms with Crippen molar-refractivity contribution in [2.45, 2.75) is 33.2 Å². The smallest absolute Gasteiger partial charge is 0.332 e. The molecule has 0 saturated heterocycles. The van der Waals surface area contributed by atoms with E-state index in [1.165, 1.54) is 5.06 Å². The fraction of sp³-hybridized carbons (Fsp3) is 0.429. The molecule has 0 bridgehead atoms. The molecule has 0 fully saturated rings. The summed E-state index contributed by atoms with van der Waals surface area (Å²) in [6.45, 7) is 5.35. The number of thiocarbonyl (C=S) groups is 1. The Morgan fingerprint density at radius 2 is 2.24 bits per heavy atom. The van der Waals surface area contributed by atoms with Gasteiger partial charge in [0.15, 0.2) is 11.7 Å². The number of carboxylic acids is 1. The van der Waals surface area contributed by atoms with E-state index in [0.717, 1.165) is 17.7 Å². The molecule has 7 heteroatoms. The Labute approximate surface area is 134 Å². The van der Waals surface area contributed by atoms with E-state index in [1.54, 1.807) is 12.1 Å². The lowest BCUT2D eigenvalue weighted by molar-refractivity contribution is -0.165. The van der Waals surface area contributed by atoms with Gasteiger partial charge < -0.3 is 10.4 Å². The molecule has 0 saturated carbocycles. The minimum Gasteiger partial charge on any atom is -0.479 e. The van der Waals surface area contributed by atoms with Crippen LogP contribution in [0, 0.1) is 6.92 Å². The third-order valence-electron chi connectivity index (χ3n) is 2.96. The van der Waals surface area contributed by atoms with Crippen molar-refractivity contribution in [1.82, 2.24) is 5.06 Å². The minimum absolute atomic E-state index is 0.0520. The van der Waals surface area contributed by atoms with Crippen LogP contribution in [-0.4, -0.2) is 33.9 Å². The van der Waals surface area contributed by atoms with Gasteiger partial charge in [0.25, 0.3) is 0 Å². The summed E-state index contributed by atoms with van der Waals surface area (Å²) in [6, 6.07) is 5.37. The van der Waals surface area contributed by atoms with Crippen LogP contribution in [0.15, 0.2) is 18.2 Å². The molecule has 0 heterocycles. The predicted octanol–water partition coefficient (Wildman–Crippen LogP) is 3.46. The molecule has 2 N–H and O–H groups in total. The molecule has 116 valence electrons. The molecule has 5 nitrogen and oxygen atoms in total. The third kappa shape index (κ3) is 5.49. The Hall–Kier alpha value is -1.37. The number of carboxylic acid groups (broad SMARTS) is 1. The number of aliphatic carboxylic acids is 1. The average molecular weight is 331 g/mol. The van der Waals surface area contributed by atoms with Gasteiger partial charge in [-0.15, -0.1) is 0 Å². The zero-order valence-electron chi connectivity index (χ0n) is 12.2. The van der Waals surface area contributed by atoms with Gasteiger partial charge in [-0.25, -0.2) is 9.86 Å². The Bertz CT molecular complexity index is 525. The summed E-state index contributed by atoms with van der Waals surface area (Å²) in [7, 11) is 0. The molecule has 0 radical (unpaired) electrons. The number of aryl methyl sites for hydroxylation is 1. The molecule has 21 heavy (non-hydrogen) atoms. The molecule has 1 unspecified atom stereocenters. The number of rotatable bonds is 6. The first-order valence-corrected chi connectivity index (χ1v) is 7.34. The lowest BCUT2D eigenvalue weighted by atomic mass is 10.2. The summed E-state index contributed by atoms with van der Waals surface area (Å²) >= 11 is 11.3. The molecule has 1 aromatic carbocycles. The van der Waals surface area contributed by atoms with Crippen LogP contribution < -0.4 is 5.32 Å². The lowest BCUT2D eigenvalue weighted by Gasteiger charge is -2.29. The number of hydroxylamine groups is 2. The van der Waals surface area contributed by atoms with E-state index in [-0.39, 0.29) is 6.04 Å². The summed E-state index contributed by atoms with van der Waals surface area (Å²) in [6.07, 6.45) is 0.760. The fourth-order valence-electron chi connectivity index (χ4n) is 1.58. The topological polar surface area (TPSA) is 61.8 Å². The monoisotopic (exact) mass is 330 g/mol. The second kappa shape index (κ2) is 8.17. The van der Waals surface area contributed by atoms with E-state index in [1.807, 2.05) is 26.8 Å². The van der Waals surface area contributed by atoms with Crippen molar-refractivity contribution >= 4 is 40.6 Å². The van der Waals surface area contributed by atoms with Crippen molar-refractivity contribution in [3.63, 3.8) is 0 Å². The third-order valence-corrected chi connectivity index (χ3v) is 3.48. The first kappa shape index (κ1) is 17.7. The molecular formula is C14H19ClN2O3S. The van der Waals surface area contributed by atoms with Gasteiger partial charge in [-0.2, -0.15) is 0 Å². The quantitative estimate of drug-likeness (QED) is 0.615. The molecule has 0 amide bonds. The average Bonchev–Trinajstić information content (AvgIpc) is 2.42. The molecule has 1 rings (SSSR count). The fourth-order valence-corrected chi connectivity index (χ4v) is 2.09. The maximum Gasteiger partial charge on any atom is 0.332 e. The first-order valence-electron chi connectivity index (χ1n) is 6.56. The van der Waals surface area contributed by atoms with E-state index in [0.29, 0.717) is 10.1 Å². The Morgan fingerprint density at radius 1 is 1.57 bits per heavy atom. The molecule has 0 aliphatic rings. The highest BCUT2D eigenvalue weighted by molar-refractivity contribution is 7.80. The summed E-state index contributed by atoms with van der Waals surface area (Å²) in [5.41, 5.74) is 1.74. The van der Waals surface area contributed by atoms with Gasteiger partial charge in [0.05, 0.1) is 6.04 Å². The molecule has 0 aliphatic carbocycles. The summed E-state index contributed by atoms with van der Waals surface area (Å²) in [5.74, 6) is -1.05. The van der Waals surface area contributed by atoms with Crippen LogP contribution in [0.25, 0.3) is 0 Å². The van der Waals surface area contributed by atoms with Crippen molar-refractivity contribution in [3.8, 4) is 0 Å². The van der Waals surface area contributed by atoms with E-state index < -0.39 is 12.6 Å². The van der Waals surface area contributed by atoms with Crippen LogP contribution in [0.4, 0.5) is 5.69 Å². The highest BCUT2D eigenvalue weighted by atomic mass is 35.5. The number of nitrogens with one attached hydrogen (secondary N) is 1. The highest BCUT2D eigenvalue weighted by Gasteiger charge is 2.18. The van der Waals surface area contributed by atoms with Gasteiger partial charge in [-0.3, -0.25) is 4.84 Å². The van der Waals surface area contributed by atoms with Gasteiger partial charge in [-0.1, -0.05) is 24.6 Å². The molecule has 0 spiro atoms. The first-order chi connectivity index (χ1) is 9.85. The van der Waals surface area contributed by atoms with Crippen molar-refractivity contribution in [1.29, 1.82) is 0 Å². The van der Waals surface area contributed by atoms with Crippen LogP contribution in [-0.2, 0) is 9.63 Å². The van der Waals surface area contributed by atoms with Gasteiger partial charge in [0.1, 0.15) is 0 Å². The Balaban J connectivity index is 2.84. The molecule has 1 aromatic rings. The predicted molar refractivity (Wildman–Crippen MR) is 87.6 cm³/mol. The summed E-state index contributed by atoms with van der Waals surface area (Å²) < 4.78 is 0. The van der Waals surface area contributed by atoms with Crippen molar-refractivity contribution in [3.05, 3.63) is 28.8 Å². The number of anilines is 1. The molecule has 0 aliphatic heterocycles. The van der Waals surface area contributed by atoms with Crippen molar-refractivity contribution < 1.29 is 14.7 Å². The second-order valence-electron chi connectivity index (χ2n) is 4.64. The number of hydrogen-bond donors (Lipinski definition) is 2. The van der Waals surface area contributed by atoms with E-state index in [4.69, 9.17) is 33.8 Å². The van der Waals surface area contributed by atoms with Crippen LogP contribution in [0.3, 0.4) is 0 Å².